The van der Waals surface area contributed by atoms with Gasteiger partial charge in [-0.05, 0) is 25.5 Å². The second-order valence-corrected chi connectivity index (χ2v) is 5.31. The van der Waals surface area contributed by atoms with E-state index in [1.807, 2.05) is 11.8 Å². The van der Waals surface area contributed by atoms with Crippen molar-refractivity contribution in [2.75, 3.05) is 44.2 Å². The number of anilines is 1. The highest BCUT2D eigenvalue weighted by atomic mass is 127. The van der Waals surface area contributed by atoms with Gasteiger partial charge >= 0.3 is 0 Å². The van der Waals surface area contributed by atoms with Gasteiger partial charge in [-0.1, -0.05) is 6.92 Å². The number of guanidine groups is 1. The van der Waals surface area contributed by atoms with E-state index in [-0.39, 0.29) is 29.8 Å². The molecule has 1 aromatic carbocycles. The van der Waals surface area contributed by atoms with Crippen LogP contribution in [0.25, 0.3) is 0 Å². The van der Waals surface area contributed by atoms with Crippen LogP contribution in [0.2, 0.25) is 0 Å². The molecule has 2 rings (SSSR count). The Labute approximate surface area is 154 Å². The average Bonchev–Trinajstić information content (AvgIpc) is 2.54. The zero-order valence-electron chi connectivity index (χ0n) is 13.7. The maximum absolute atomic E-state index is 13.8. The molecule has 0 spiro atoms. The predicted octanol–water partition coefficient (Wildman–Crippen LogP) is 3.08. The number of halogens is 3. The van der Waals surface area contributed by atoms with Crippen molar-refractivity contribution < 1.29 is 8.78 Å². The second kappa shape index (κ2) is 9.89. The molecule has 0 bridgehead atoms. The fraction of sp³-hybridized carbons (Fsp3) is 0.562. The highest BCUT2D eigenvalue weighted by Gasteiger charge is 2.21. The van der Waals surface area contributed by atoms with Crippen LogP contribution in [0.15, 0.2) is 23.2 Å². The summed E-state index contributed by atoms with van der Waals surface area (Å²) in [6.45, 7) is 8.53. The molecule has 1 saturated heterocycles. The minimum Gasteiger partial charge on any atom is -0.366 e. The van der Waals surface area contributed by atoms with E-state index in [9.17, 15) is 8.78 Å². The number of nitrogens with zero attached hydrogens (tertiary/aromatic N) is 3. The van der Waals surface area contributed by atoms with Crippen LogP contribution in [0.1, 0.15) is 20.3 Å². The smallest absolute Gasteiger partial charge is 0.194 e. The summed E-state index contributed by atoms with van der Waals surface area (Å²) in [5, 5.41) is 3.29. The Kier molecular flexibility index (Phi) is 8.57. The molecule has 0 radical (unpaired) electrons. The third-order valence-electron chi connectivity index (χ3n) is 3.65. The Morgan fingerprint density at radius 1 is 1.17 bits per heavy atom. The lowest BCUT2D eigenvalue weighted by Crippen LogP contribution is -2.52. The van der Waals surface area contributed by atoms with E-state index in [2.05, 4.69) is 22.1 Å². The van der Waals surface area contributed by atoms with Gasteiger partial charge in [0.1, 0.15) is 11.6 Å². The zero-order valence-corrected chi connectivity index (χ0v) is 16.0. The normalized spacial score (nSPS) is 15.4. The van der Waals surface area contributed by atoms with Crippen molar-refractivity contribution in [3.05, 3.63) is 29.8 Å². The molecule has 23 heavy (non-hydrogen) atoms. The topological polar surface area (TPSA) is 30.9 Å². The molecule has 7 heteroatoms. The fourth-order valence-electron chi connectivity index (χ4n) is 2.53. The van der Waals surface area contributed by atoms with Gasteiger partial charge in [0.2, 0.25) is 0 Å². The van der Waals surface area contributed by atoms with E-state index in [0.717, 1.165) is 44.6 Å². The molecule has 1 aliphatic rings. The molecule has 1 aliphatic heterocycles. The third kappa shape index (κ3) is 5.47. The van der Waals surface area contributed by atoms with Crippen molar-refractivity contribution >= 4 is 35.6 Å². The second-order valence-electron chi connectivity index (χ2n) is 5.31. The minimum atomic E-state index is -0.406. The van der Waals surface area contributed by atoms with E-state index in [0.29, 0.717) is 18.8 Å². The largest absolute Gasteiger partial charge is 0.366 e. The molecule has 0 saturated carbocycles. The minimum absolute atomic E-state index is 0. The van der Waals surface area contributed by atoms with Gasteiger partial charge in [0.15, 0.2) is 5.96 Å². The molecular weight excluding hydrogens is 413 g/mol. The maximum atomic E-state index is 13.8. The van der Waals surface area contributed by atoms with Crippen LogP contribution in [-0.2, 0) is 0 Å². The van der Waals surface area contributed by atoms with Crippen molar-refractivity contribution in [3.8, 4) is 0 Å². The molecule has 1 N–H and O–H groups in total. The number of aliphatic imine (C=N–C) groups is 1. The first kappa shape index (κ1) is 19.9. The molecule has 130 valence electrons. The van der Waals surface area contributed by atoms with Crippen LogP contribution in [0.3, 0.4) is 0 Å². The van der Waals surface area contributed by atoms with Crippen molar-refractivity contribution in [2.45, 2.75) is 20.3 Å². The maximum Gasteiger partial charge on any atom is 0.194 e. The lowest BCUT2D eigenvalue weighted by atomic mass is 10.2. The molecule has 0 aliphatic carbocycles. The van der Waals surface area contributed by atoms with E-state index < -0.39 is 5.82 Å². The first-order valence-corrected chi connectivity index (χ1v) is 7.89. The number of nitrogens with one attached hydrogen (secondary N) is 1. The van der Waals surface area contributed by atoms with Gasteiger partial charge < -0.3 is 15.1 Å². The number of rotatable bonds is 4. The Hall–Kier alpha value is -1.12. The average molecular weight is 438 g/mol. The summed E-state index contributed by atoms with van der Waals surface area (Å²) in [6, 6.07) is 3.60. The summed E-state index contributed by atoms with van der Waals surface area (Å²) in [7, 11) is 0. The number of piperazine rings is 1. The van der Waals surface area contributed by atoms with Gasteiger partial charge in [0.25, 0.3) is 0 Å². The predicted molar refractivity (Wildman–Crippen MR) is 102 cm³/mol. The Morgan fingerprint density at radius 2 is 1.87 bits per heavy atom. The summed E-state index contributed by atoms with van der Waals surface area (Å²) in [5.41, 5.74) is 0.343. The van der Waals surface area contributed by atoms with Crippen molar-refractivity contribution in [2.24, 2.45) is 4.99 Å². The molecule has 0 amide bonds. The fourth-order valence-corrected chi connectivity index (χ4v) is 2.53. The van der Waals surface area contributed by atoms with E-state index in [1.165, 1.54) is 12.1 Å². The van der Waals surface area contributed by atoms with Gasteiger partial charge in [-0.3, -0.25) is 4.99 Å². The quantitative estimate of drug-likeness (QED) is 0.446. The van der Waals surface area contributed by atoms with Crippen LogP contribution in [-0.4, -0.2) is 50.1 Å². The Balaban J connectivity index is 0.00000264. The van der Waals surface area contributed by atoms with Crippen LogP contribution in [0, 0.1) is 11.6 Å². The van der Waals surface area contributed by atoms with Crippen LogP contribution in [0.5, 0.6) is 0 Å². The highest BCUT2D eigenvalue weighted by Crippen LogP contribution is 2.21. The zero-order chi connectivity index (χ0) is 15.9. The van der Waals surface area contributed by atoms with Crippen molar-refractivity contribution in [1.82, 2.24) is 10.2 Å². The Morgan fingerprint density at radius 3 is 2.48 bits per heavy atom. The van der Waals surface area contributed by atoms with Crippen LogP contribution < -0.4 is 10.2 Å². The number of benzene rings is 1. The van der Waals surface area contributed by atoms with Gasteiger partial charge in [0.05, 0.1) is 5.69 Å². The molecule has 4 nitrogen and oxygen atoms in total. The van der Waals surface area contributed by atoms with Crippen LogP contribution in [0.4, 0.5) is 14.5 Å². The SMILES string of the molecule is CCCN=C(NCC)N1CCN(c2cc(F)ccc2F)CC1.I. The Bertz CT molecular complexity index is 517. The first-order chi connectivity index (χ1) is 10.7. The lowest BCUT2D eigenvalue weighted by molar-refractivity contribution is 0.370. The van der Waals surface area contributed by atoms with Crippen molar-refractivity contribution in [3.63, 3.8) is 0 Å². The highest BCUT2D eigenvalue weighted by molar-refractivity contribution is 14.0. The van der Waals surface area contributed by atoms with E-state index >= 15 is 0 Å². The van der Waals surface area contributed by atoms with Gasteiger partial charge in [-0.2, -0.15) is 0 Å². The lowest BCUT2D eigenvalue weighted by Gasteiger charge is -2.37. The molecule has 1 fully saturated rings. The first-order valence-electron chi connectivity index (χ1n) is 7.89. The summed E-state index contributed by atoms with van der Waals surface area (Å²) in [4.78, 5) is 8.62. The van der Waals surface area contributed by atoms with Crippen LogP contribution >= 0.6 is 24.0 Å². The third-order valence-corrected chi connectivity index (χ3v) is 3.65. The summed E-state index contributed by atoms with van der Waals surface area (Å²) in [6.07, 6.45) is 1.00. The molecule has 0 atom stereocenters. The summed E-state index contributed by atoms with van der Waals surface area (Å²) >= 11 is 0. The number of hydrogen-bond acceptors (Lipinski definition) is 2. The van der Waals surface area contributed by atoms with Gasteiger partial charge in [-0.25, -0.2) is 8.78 Å². The number of hydrogen-bond donors (Lipinski definition) is 1. The van der Waals surface area contributed by atoms with Gasteiger partial charge in [-0.15, -0.1) is 24.0 Å². The monoisotopic (exact) mass is 438 g/mol. The van der Waals surface area contributed by atoms with E-state index in [1.54, 1.807) is 0 Å². The molecule has 1 aromatic rings. The molecule has 0 aromatic heterocycles. The molecule has 1 heterocycles. The molecular formula is C16H25F2IN4. The molecule has 0 unspecified atom stereocenters. The standard InChI is InChI=1S/C16H24F2N4.HI/c1-3-7-20-16(19-4-2)22-10-8-21(9-11-22)15-12-13(17)5-6-14(15)18;/h5-6,12H,3-4,7-11H2,1-2H3,(H,19,20);1H. The van der Waals surface area contributed by atoms with Gasteiger partial charge in [0, 0.05) is 45.3 Å². The summed E-state index contributed by atoms with van der Waals surface area (Å²) < 4.78 is 27.2. The van der Waals surface area contributed by atoms with Crippen molar-refractivity contribution in [1.29, 1.82) is 0 Å². The van der Waals surface area contributed by atoms with E-state index in [4.69, 9.17) is 0 Å². The summed E-state index contributed by atoms with van der Waals surface area (Å²) in [5.74, 6) is 0.127.